The zero-order valence-corrected chi connectivity index (χ0v) is 23.2. The highest BCUT2D eigenvalue weighted by Crippen LogP contribution is 2.40. The minimum atomic E-state index is -0.402. The molecule has 2 aromatic rings. The van der Waals surface area contributed by atoms with Crippen LogP contribution in [0, 0.1) is 5.82 Å². The van der Waals surface area contributed by atoms with Crippen LogP contribution in [0.2, 0.25) is 0 Å². The first kappa shape index (κ1) is 27.7. The number of aliphatic imine (C=N–C) groups is 1. The first-order valence-electron chi connectivity index (χ1n) is 11.5. The van der Waals surface area contributed by atoms with Crippen LogP contribution >= 0.6 is 27.7 Å². The van der Waals surface area contributed by atoms with Gasteiger partial charge in [0, 0.05) is 17.8 Å². The quantitative estimate of drug-likeness (QED) is 0.364. The number of amidine groups is 1. The van der Waals surface area contributed by atoms with E-state index < -0.39 is 5.91 Å². The number of hydrogen-bond acceptors (Lipinski definition) is 6. The predicted molar refractivity (Wildman–Crippen MR) is 146 cm³/mol. The minimum Gasteiger partial charge on any atom is -0.490 e. The number of ether oxygens (including phenoxy) is 2. The zero-order valence-electron chi connectivity index (χ0n) is 20.8. The number of anilines is 1. The summed E-state index contributed by atoms with van der Waals surface area (Å²) in [5, 5.41) is 3.34. The van der Waals surface area contributed by atoms with Gasteiger partial charge >= 0.3 is 0 Å². The molecule has 2 amide bonds. The van der Waals surface area contributed by atoms with Crippen molar-refractivity contribution in [3.05, 3.63) is 57.2 Å². The minimum absolute atomic E-state index is 0.0176. The Hall–Kier alpha value is -2.85. The molecule has 10 heteroatoms. The molecule has 1 saturated heterocycles. The molecule has 0 atom stereocenters. The van der Waals surface area contributed by atoms with Crippen LogP contribution in [0.4, 0.5) is 10.1 Å². The molecule has 7 nitrogen and oxygen atoms in total. The topological polar surface area (TPSA) is 80.2 Å². The highest BCUT2D eigenvalue weighted by atomic mass is 79.9. The van der Waals surface area contributed by atoms with Crippen LogP contribution in [0.1, 0.15) is 40.2 Å². The van der Waals surface area contributed by atoms with E-state index in [-0.39, 0.29) is 30.4 Å². The van der Waals surface area contributed by atoms with Gasteiger partial charge in [0.1, 0.15) is 5.82 Å². The number of thioether (sulfide) groups is 1. The molecule has 0 unspecified atom stereocenters. The standard InChI is InChI=1S/C26H29BrFN3O4S/c1-6-34-21-12-17(13-22-25(33)31(16(4)5)26(36-22)29-15(2)3)11-20(27)24(21)35-14-23(32)30-19-9-7-18(28)8-10-19/h7-13,15-16H,6,14H2,1-5H3,(H,30,32)/b22-13+,29-26?. The van der Waals surface area contributed by atoms with Crippen LogP contribution in [-0.4, -0.2) is 47.2 Å². The molecule has 3 rings (SSSR count). The number of nitrogens with zero attached hydrogens (tertiary/aromatic N) is 2. The van der Waals surface area contributed by atoms with Crippen molar-refractivity contribution in [1.29, 1.82) is 0 Å². The average molecular weight is 579 g/mol. The number of amides is 2. The summed E-state index contributed by atoms with van der Waals surface area (Å²) in [5.74, 6) is -0.0881. The van der Waals surface area contributed by atoms with E-state index in [4.69, 9.17) is 9.47 Å². The van der Waals surface area contributed by atoms with E-state index in [9.17, 15) is 14.0 Å². The third-order valence-electron chi connectivity index (χ3n) is 4.83. The van der Waals surface area contributed by atoms with Gasteiger partial charge in [0.15, 0.2) is 23.3 Å². The van der Waals surface area contributed by atoms with Gasteiger partial charge in [0.2, 0.25) is 0 Å². The second kappa shape index (κ2) is 12.4. The van der Waals surface area contributed by atoms with Gasteiger partial charge in [-0.3, -0.25) is 19.5 Å². The van der Waals surface area contributed by atoms with Crippen molar-refractivity contribution in [2.24, 2.45) is 4.99 Å². The van der Waals surface area contributed by atoms with Crippen LogP contribution in [0.3, 0.4) is 0 Å². The van der Waals surface area contributed by atoms with Crippen molar-refractivity contribution in [3.8, 4) is 11.5 Å². The van der Waals surface area contributed by atoms with E-state index in [0.717, 1.165) is 5.56 Å². The first-order valence-corrected chi connectivity index (χ1v) is 13.2. The van der Waals surface area contributed by atoms with Crippen molar-refractivity contribution in [3.63, 3.8) is 0 Å². The summed E-state index contributed by atoms with van der Waals surface area (Å²) < 4.78 is 25.2. The highest BCUT2D eigenvalue weighted by Gasteiger charge is 2.35. The number of carbonyl (C=O) groups excluding carboxylic acids is 2. The smallest absolute Gasteiger partial charge is 0.266 e. The second-order valence-corrected chi connectivity index (χ2v) is 10.4. The van der Waals surface area contributed by atoms with Gasteiger partial charge in [0.25, 0.3) is 11.8 Å². The lowest BCUT2D eigenvalue weighted by molar-refractivity contribution is -0.123. The van der Waals surface area contributed by atoms with Crippen molar-refractivity contribution in [2.45, 2.75) is 46.7 Å². The molecule has 1 fully saturated rings. The van der Waals surface area contributed by atoms with Gasteiger partial charge in [-0.2, -0.15) is 0 Å². The van der Waals surface area contributed by atoms with Crippen LogP contribution in [0.5, 0.6) is 11.5 Å². The number of hydrogen-bond donors (Lipinski definition) is 1. The first-order chi connectivity index (χ1) is 17.1. The van der Waals surface area contributed by atoms with Gasteiger partial charge in [-0.15, -0.1) is 0 Å². The molecule has 0 aromatic heterocycles. The van der Waals surface area contributed by atoms with Crippen LogP contribution in [0.25, 0.3) is 6.08 Å². The molecule has 1 N–H and O–H groups in total. The summed E-state index contributed by atoms with van der Waals surface area (Å²) in [7, 11) is 0. The van der Waals surface area contributed by atoms with Crippen LogP contribution < -0.4 is 14.8 Å². The molecule has 192 valence electrons. The summed E-state index contributed by atoms with van der Waals surface area (Å²) in [6.07, 6.45) is 1.80. The summed E-state index contributed by atoms with van der Waals surface area (Å²) >= 11 is 4.85. The molecule has 0 radical (unpaired) electrons. The molecule has 0 aliphatic carbocycles. The molecular formula is C26H29BrFN3O4S. The molecule has 1 aliphatic rings. The van der Waals surface area contributed by atoms with Gasteiger partial charge in [-0.05, 0) is 110 Å². The Balaban J connectivity index is 1.81. The lowest BCUT2D eigenvalue weighted by Gasteiger charge is -2.20. The lowest BCUT2D eigenvalue weighted by Crippen LogP contribution is -2.35. The summed E-state index contributed by atoms with van der Waals surface area (Å²) in [6.45, 7) is 9.81. The summed E-state index contributed by atoms with van der Waals surface area (Å²) in [5.41, 5.74) is 1.20. The highest BCUT2D eigenvalue weighted by molar-refractivity contribution is 9.10. The number of carbonyl (C=O) groups is 2. The van der Waals surface area contributed by atoms with Gasteiger partial charge < -0.3 is 14.8 Å². The molecule has 1 heterocycles. The fraction of sp³-hybridized carbons (Fsp3) is 0.346. The molecule has 0 bridgehead atoms. The normalized spacial score (nSPS) is 15.9. The van der Waals surface area contributed by atoms with Crippen LogP contribution in [0.15, 0.2) is 50.8 Å². The Morgan fingerprint density at radius 3 is 2.50 bits per heavy atom. The fourth-order valence-electron chi connectivity index (χ4n) is 3.35. The Morgan fingerprint density at radius 1 is 1.19 bits per heavy atom. The third-order valence-corrected chi connectivity index (χ3v) is 6.41. The van der Waals surface area contributed by atoms with Gasteiger partial charge in [-0.25, -0.2) is 4.39 Å². The Bertz CT molecular complexity index is 1180. The molecule has 2 aromatic carbocycles. The van der Waals surface area contributed by atoms with Crippen molar-refractivity contribution < 1.29 is 23.5 Å². The van der Waals surface area contributed by atoms with E-state index in [1.807, 2.05) is 34.6 Å². The summed E-state index contributed by atoms with van der Waals surface area (Å²) in [4.78, 5) is 32.3. The van der Waals surface area contributed by atoms with Crippen LogP contribution in [-0.2, 0) is 9.59 Å². The number of halogens is 2. The molecule has 1 aliphatic heterocycles. The summed E-state index contributed by atoms with van der Waals surface area (Å²) in [6, 6.07) is 9.08. The SMILES string of the molecule is CCOc1cc(/C=C2/SC(=NC(C)C)N(C(C)C)C2=O)cc(Br)c1OCC(=O)Nc1ccc(F)cc1. The lowest BCUT2D eigenvalue weighted by atomic mass is 10.1. The molecular weight excluding hydrogens is 549 g/mol. The molecule has 36 heavy (non-hydrogen) atoms. The number of nitrogens with one attached hydrogen (secondary N) is 1. The second-order valence-electron chi connectivity index (χ2n) is 8.49. The Morgan fingerprint density at radius 2 is 1.89 bits per heavy atom. The van der Waals surface area contributed by atoms with E-state index in [2.05, 4.69) is 26.2 Å². The largest absolute Gasteiger partial charge is 0.490 e. The monoisotopic (exact) mass is 577 g/mol. The molecule has 0 saturated carbocycles. The third kappa shape index (κ3) is 7.10. The van der Waals surface area contributed by atoms with Crippen molar-refractivity contribution in [2.75, 3.05) is 18.5 Å². The number of benzene rings is 2. The molecule has 0 spiro atoms. The van der Waals surface area contributed by atoms with E-state index >= 15 is 0 Å². The maximum absolute atomic E-state index is 13.1. The van der Waals surface area contributed by atoms with Gasteiger partial charge in [0.05, 0.1) is 16.0 Å². The Kier molecular flexibility index (Phi) is 9.56. The zero-order chi connectivity index (χ0) is 26.4. The van der Waals surface area contributed by atoms with E-state index in [1.54, 1.807) is 23.1 Å². The van der Waals surface area contributed by atoms with Crippen molar-refractivity contribution in [1.82, 2.24) is 4.90 Å². The fourth-order valence-corrected chi connectivity index (χ4v) is 5.15. The average Bonchev–Trinajstić information content (AvgIpc) is 3.09. The number of rotatable bonds is 9. The maximum Gasteiger partial charge on any atom is 0.266 e. The van der Waals surface area contributed by atoms with E-state index in [0.29, 0.717) is 38.3 Å². The van der Waals surface area contributed by atoms with Gasteiger partial charge in [-0.1, -0.05) is 0 Å². The Labute approximate surface area is 223 Å². The maximum atomic E-state index is 13.1. The predicted octanol–water partition coefficient (Wildman–Crippen LogP) is 6.09. The van der Waals surface area contributed by atoms with E-state index in [1.165, 1.54) is 36.0 Å². The van der Waals surface area contributed by atoms with Crippen molar-refractivity contribution >= 4 is 56.4 Å².